The maximum Gasteiger partial charge on any atom is 0.410 e. The van der Waals surface area contributed by atoms with Gasteiger partial charge >= 0.3 is 12.1 Å². The van der Waals surface area contributed by atoms with E-state index in [1.807, 2.05) is 26.8 Å². The molecule has 0 saturated heterocycles. The molecule has 0 aromatic carbocycles. The van der Waals surface area contributed by atoms with Gasteiger partial charge in [0, 0.05) is 12.6 Å². The van der Waals surface area contributed by atoms with Gasteiger partial charge < -0.3 is 14.4 Å². The van der Waals surface area contributed by atoms with Crippen molar-refractivity contribution in [2.75, 3.05) is 13.7 Å². The molecule has 1 aliphatic heterocycles. The Balaban J connectivity index is 2.05. The van der Waals surface area contributed by atoms with Gasteiger partial charge in [-0.2, -0.15) is 0 Å². The van der Waals surface area contributed by atoms with Crippen LogP contribution in [0.2, 0.25) is 0 Å². The van der Waals surface area contributed by atoms with Gasteiger partial charge in [-0.1, -0.05) is 12.2 Å². The van der Waals surface area contributed by atoms with Gasteiger partial charge in [-0.25, -0.2) is 4.79 Å². The Morgan fingerprint density at radius 2 is 1.95 bits per heavy atom. The smallest absolute Gasteiger partial charge is 0.410 e. The highest BCUT2D eigenvalue weighted by Gasteiger charge is 2.44. The first-order valence-electron chi connectivity index (χ1n) is 7.06. The molecular weight excluding hydrogens is 258 g/mol. The topological polar surface area (TPSA) is 55.8 Å². The van der Waals surface area contributed by atoms with Crippen molar-refractivity contribution in [1.82, 2.24) is 4.90 Å². The number of rotatable bonds is 1. The maximum absolute atomic E-state index is 12.2. The highest BCUT2D eigenvalue weighted by atomic mass is 16.6. The van der Waals surface area contributed by atoms with Crippen LogP contribution in [0.1, 0.15) is 33.6 Å². The third-order valence-electron chi connectivity index (χ3n) is 3.81. The molecule has 5 heteroatoms. The van der Waals surface area contributed by atoms with Gasteiger partial charge in [0.25, 0.3) is 0 Å². The van der Waals surface area contributed by atoms with Gasteiger partial charge in [-0.3, -0.25) is 4.79 Å². The van der Waals surface area contributed by atoms with E-state index in [0.29, 0.717) is 13.0 Å². The summed E-state index contributed by atoms with van der Waals surface area (Å²) < 4.78 is 10.3. The Labute approximate surface area is 119 Å². The average Bonchev–Trinajstić information content (AvgIpc) is 2.79. The molecule has 0 aromatic heterocycles. The van der Waals surface area contributed by atoms with Crippen LogP contribution in [0.15, 0.2) is 12.2 Å². The number of nitrogens with zero attached hydrogens (tertiary/aromatic N) is 1. The average molecular weight is 281 g/mol. The van der Waals surface area contributed by atoms with E-state index < -0.39 is 5.60 Å². The number of fused-ring (bicyclic) bond motifs is 1. The lowest BCUT2D eigenvalue weighted by molar-refractivity contribution is -0.159. The fourth-order valence-corrected chi connectivity index (χ4v) is 3.00. The molecule has 5 nitrogen and oxygen atoms in total. The minimum absolute atomic E-state index is 0.0463. The molecule has 3 unspecified atom stereocenters. The lowest BCUT2D eigenvalue weighted by Gasteiger charge is -2.32. The molecule has 3 atom stereocenters. The minimum Gasteiger partial charge on any atom is -0.460 e. The fourth-order valence-electron chi connectivity index (χ4n) is 3.00. The van der Waals surface area contributed by atoms with Gasteiger partial charge in [-0.05, 0) is 39.5 Å². The quantitative estimate of drug-likeness (QED) is 0.547. The van der Waals surface area contributed by atoms with Crippen LogP contribution >= 0.6 is 0 Å². The molecule has 1 saturated carbocycles. The summed E-state index contributed by atoms with van der Waals surface area (Å²) in [7, 11) is 1.38. The Hall–Kier alpha value is -1.52. The molecule has 20 heavy (non-hydrogen) atoms. The van der Waals surface area contributed by atoms with Crippen molar-refractivity contribution >= 4 is 12.1 Å². The van der Waals surface area contributed by atoms with E-state index in [1.54, 1.807) is 4.90 Å². The molecule has 0 radical (unpaired) electrons. The van der Waals surface area contributed by atoms with Crippen LogP contribution in [0, 0.1) is 11.8 Å². The maximum atomic E-state index is 12.2. The Morgan fingerprint density at radius 3 is 2.55 bits per heavy atom. The van der Waals surface area contributed by atoms with Gasteiger partial charge in [0.05, 0.1) is 13.0 Å². The monoisotopic (exact) mass is 281 g/mol. The summed E-state index contributed by atoms with van der Waals surface area (Å²) in [6, 6.07) is 0.0463. The molecule has 2 aliphatic rings. The molecule has 1 heterocycles. The zero-order chi connectivity index (χ0) is 14.9. The number of esters is 1. The van der Waals surface area contributed by atoms with Crippen molar-refractivity contribution in [2.24, 2.45) is 11.8 Å². The molecule has 0 N–H and O–H groups in total. The van der Waals surface area contributed by atoms with Crippen molar-refractivity contribution in [1.29, 1.82) is 0 Å². The summed E-state index contributed by atoms with van der Waals surface area (Å²) in [5, 5.41) is 0. The van der Waals surface area contributed by atoms with Crippen molar-refractivity contribution in [3.05, 3.63) is 12.2 Å². The third kappa shape index (κ3) is 3.14. The Morgan fingerprint density at radius 1 is 1.25 bits per heavy atom. The van der Waals surface area contributed by atoms with Crippen molar-refractivity contribution in [3.63, 3.8) is 0 Å². The number of hydrogen-bond donors (Lipinski definition) is 0. The molecule has 0 aromatic rings. The van der Waals surface area contributed by atoms with E-state index in [2.05, 4.69) is 6.08 Å². The van der Waals surface area contributed by atoms with Crippen LogP contribution in [0.4, 0.5) is 4.79 Å². The normalized spacial score (nSPS) is 29.0. The summed E-state index contributed by atoms with van der Waals surface area (Å²) in [5.74, 6) is -0.0791. The van der Waals surface area contributed by atoms with Crippen LogP contribution in [-0.4, -0.2) is 42.3 Å². The van der Waals surface area contributed by atoms with Crippen LogP contribution in [0.3, 0.4) is 0 Å². The number of carbonyl (C=O) groups is 2. The van der Waals surface area contributed by atoms with Gasteiger partial charge in [0.1, 0.15) is 5.60 Å². The molecule has 112 valence electrons. The van der Waals surface area contributed by atoms with Gasteiger partial charge in [-0.15, -0.1) is 0 Å². The lowest BCUT2D eigenvalue weighted by atomic mass is 9.98. The molecule has 1 aliphatic carbocycles. The van der Waals surface area contributed by atoms with Gasteiger partial charge in [0.2, 0.25) is 0 Å². The minimum atomic E-state index is -0.470. The van der Waals surface area contributed by atoms with Crippen LogP contribution in [0.25, 0.3) is 0 Å². The standard InChI is InChI=1S/C15H23NO4/c1-15(2,3)20-13(17)11-8-10-6-5-7-16(12(10)9-11)14(18)19-4/h5-6,10-12H,7-9H2,1-4H3. The van der Waals surface area contributed by atoms with E-state index in [0.717, 1.165) is 6.42 Å². The second-order valence-electron chi connectivity index (χ2n) is 6.48. The zero-order valence-electron chi connectivity index (χ0n) is 12.6. The van der Waals surface area contributed by atoms with Crippen molar-refractivity contribution in [3.8, 4) is 0 Å². The van der Waals surface area contributed by atoms with E-state index in [9.17, 15) is 9.59 Å². The fraction of sp³-hybridized carbons (Fsp3) is 0.733. The lowest BCUT2D eigenvalue weighted by Crippen LogP contribution is -2.44. The second kappa shape index (κ2) is 5.46. The molecule has 1 fully saturated rings. The van der Waals surface area contributed by atoms with E-state index >= 15 is 0 Å². The molecule has 0 spiro atoms. The number of hydrogen-bond acceptors (Lipinski definition) is 4. The number of methoxy groups -OCH3 is 1. The Bertz CT molecular complexity index is 424. The van der Waals surface area contributed by atoms with Crippen LogP contribution < -0.4 is 0 Å². The van der Waals surface area contributed by atoms with Crippen LogP contribution in [-0.2, 0) is 14.3 Å². The SMILES string of the molecule is COC(=O)N1CC=CC2CC(C(=O)OC(C)(C)C)CC21. The molecule has 2 rings (SSSR count). The predicted molar refractivity (Wildman–Crippen MR) is 74.1 cm³/mol. The highest BCUT2D eigenvalue weighted by Crippen LogP contribution is 2.39. The van der Waals surface area contributed by atoms with Crippen molar-refractivity contribution in [2.45, 2.75) is 45.3 Å². The molecule has 0 bridgehead atoms. The van der Waals surface area contributed by atoms with Gasteiger partial charge in [0.15, 0.2) is 0 Å². The summed E-state index contributed by atoms with van der Waals surface area (Å²) in [5.41, 5.74) is -0.470. The zero-order valence-corrected chi connectivity index (χ0v) is 12.6. The van der Waals surface area contributed by atoms with Crippen LogP contribution in [0.5, 0.6) is 0 Å². The molecular formula is C15H23NO4. The van der Waals surface area contributed by atoms with E-state index in [-0.39, 0.29) is 29.9 Å². The first kappa shape index (κ1) is 14.9. The number of carbonyl (C=O) groups excluding carboxylic acids is 2. The third-order valence-corrected chi connectivity index (χ3v) is 3.81. The number of amides is 1. The largest absolute Gasteiger partial charge is 0.460 e. The van der Waals surface area contributed by atoms with E-state index in [4.69, 9.17) is 9.47 Å². The van der Waals surface area contributed by atoms with E-state index in [1.165, 1.54) is 7.11 Å². The first-order valence-corrected chi connectivity index (χ1v) is 7.06. The van der Waals surface area contributed by atoms with Crippen molar-refractivity contribution < 1.29 is 19.1 Å². The highest BCUT2D eigenvalue weighted by molar-refractivity contribution is 5.74. The predicted octanol–water partition coefficient (Wildman–Crippen LogP) is 2.36. The summed E-state index contributed by atoms with van der Waals surface area (Å²) in [6.45, 7) is 6.16. The number of ether oxygens (including phenoxy) is 2. The second-order valence-corrected chi connectivity index (χ2v) is 6.48. The first-order chi connectivity index (χ1) is 9.31. The summed E-state index contributed by atoms with van der Waals surface area (Å²) in [4.78, 5) is 25.6. The summed E-state index contributed by atoms with van der Waals surface area (Å²) in [6.07, 6.45) is 5.14. The molecule has 1 amide bonds. The summed E-state index contributed by atoms with van der Waals surface area (Å²) >= 11 is 0. The Kier molecular flexibility index (Phi) is 4.06.